The maximum atomic E-state index is 13.1. The molecular weight excluding hydrogens is 233 g/mol. The minimum atomic E-state index is -3.53. The Morgan fingerprint density at radius 3 is 2.69 bits per heavy atom. The van der Waals surface area contributed by atoms with Crippen molar-refractivity contribution in [3.8, 4) is 0 Å². The van der Waals surface area contributed by atoms with Crippen LogP contribution < -0.4 is 5.73 Å². The smallest absolute Gasteiger partial charge is 0.183 e. The van der Waals surface area contributed by atoms with E-state index in [0.29, 0.717) is 13.0 Å². The fourth-order valence-corrected chi connectivity index (χ4v) is 3.34. The van der Waals surface area contributed by atoms with E-state index in [-0.39, 0.29) is 17.2 Å². The molecule has 2 rings (SSSR count). The summed E-state index contributed by atoms with van der Waals surface area (Å²) in [7, 11) is -3.53. The molecule has 1 aromatic rings. The first-order chi connectivity index (χ1) is 7.50. The molecule has 0 aliphatic carbocycles. The van der Waals surface area contributed by atoms with Crippen LogP contribution in [0.5, 0.6) is 0 Å². The summed E-state index contributed by atoms with van der Waals surface area (Å²) in [6, 6.07) is 3.35. The summed E-state index contributed by atoms with van der Waals surface area (Å²) in [4.78, 5) is -0.0690. The molecule has 1 saturated heterocycles. The average Bonchev–Trinajstić information content (AvgIpc) is 2.69. The Bertz CT molecular complexity index is 475. The molecule has 0 saturated carbocycles. The summed E-state index contributed by atoms with van der Waals surface area (Å²) < 4.78 is 42.2. The van der Waals surface area contributed by atoms with Gasteiger partial charge >= 0.3 is 0 Å². The highest BCUT2D eigenvalue weighted by Gasteiger charge is 2.31. The van der Waals surface area contributed by atoms with Gasteiger partial charge in [0.1, 0.15) is 5.82 Å². The van der Waals surface area contributed by atoms with Crippen LogP contribution in [0.15, 0.2) is 23.1 Å². The van der Waals surface area contributed by atoms with Gasteiger partial charge in [-0.1, -0.05) is 0 Å². The van der Waals surface area contributed by atoms with Crippen molar-refractivity contribution in [2.24, 2.45) is 0 Å². The van der Waals surface area contributed by atoms with Crippen LogP contribution in [-0.2, 0) is 14.6 Å². The molecule has 0 spiro atoms. The fraction of sp³-hybridized carbons (Fsp3) is 0.400. The molecule has 2 N–H and O–H groups in total. The van der Waals surface area contributed by atoms with Gasteiger partial charge in [-0.25, -0.2) is 12.8 Å². The highest BCUT2D eigenvalue weighted by atomic mass is 32.2. The molecule has 0 radical (unpaired) electrons. The van der Waals surface area contributed by atoms with E-state index >= 15 is 0 Å². The van der Waals surface area contributed by atoms with E-state index in [1.54, 1.807) is 0 Å². The lowest BCUT2D eigenvalue weighted by Crippen LogP contribution is -2.21. The van der Waals surface area contributed by atoms with E-state index in [2.05, 4.69) is 0 Å². The van der Waals surface area contributed by atoms with E-state index in [0.717, 1.165) is 12.1 Å². The van der Waals surface area contributed by atoms with Crippen LogP contribution in [-0.4, -0.2) is 26.9 Å². The van der Waals surface area contributed by atoms with Crippen LogP contribution in [0.4, 0.5) is 10.1 Å². The fourth-order valence-electron chi connectivity index (χ4n) is 1.70. The molecule has 0 bridgehead atoms. The number of rotatable bonds is 2. The van der Waals surface area contributed by atoms with Crippen molar-refractivity contribution in [3.63, 3.8) is 0 Å². The number of halogens is 1. The molecule has 1 aliphatic heterocycles. The van der Waals surface area contributed by atoms with Crippen molar-refractivity contribution in [3.05, 3.63) is 24.0 Å². The molecule has 1 unspecified atom stereocenters. The summed E-state index contributed by atoms with van der Waals surface area (Å²) in [5, 5.41) is -0.589. The zero-order chi connectivity index (χ0) is 11.8. The van der Waals surface area contributed by atoms with Crippen LogP contribution in [0.25, 0.3) is 0 Å². The third kappa shape index (κ3) is 2.03. The van der Waals surface area contributed by atoms with Gasteiger partial charge in [0.15, 0.2) is 9.84 Å². The maximum absolute atomic E-state index is 13.1. The lowest BCUT2D eigenvalue weighted by atomic mass is 10.3. The van der Waals surface area contributed by atoms with Gasteiger partial charge in [-0.15, -0.1) is 0 Å². The number of sulfone groups is 1. The van der Waals surface area contributed by atoms with Crippen LogP contribution in [0.3, 0.4) is 0 Å². The van der Waals surface area contributed by atoms with Crippen LogP contribution >= 0.6 is 0 Å². The first-order valence-corrected chi connectivity index (χ1v) is 6.42. The number of ether oxygens (including phenoxy) is 1. The second-order valence-corrected chi connectivity index (χ2v) is 5.98. The minimum absolute atomic E-state index is 0.0690. The van der Waals surface area contributed by atoms with Gasteiger partial charge in [-0.3, -0.25) is 0 Å². The summed E-state index contributed by atoms with van der Waals surface area (Å²) >= 11 is 0. The average molecular weight is 245 g/mol. The third-order valence-corrected chi connectivity index (χ3v) is 4.69. The molecule has 1 heterocycles. The molecule has 6 heteroatoms. The third-order valence-electron chi connectivity index (χ3n) is 2.55. The van der Waals surface area contributed by atoms with Crippen molar-refractivity contribution in [2.45, 2.75) is 16.6 Å². The van der Waals surface area contributed by atoms with Crippen LogP contribution in [0.2, 0.25) is 0 Å². The van der Waals surface area contributed by atoms with Crippen molar-refractivity contribution in [1.82, 2.24) is 0 Å². The predicted octanol–water partition coefficient (Wildman–Crippen LogP) is 0.971. The molecule has 1 aliphatic rings. The predicted molar refractivity (Wildman–Crippen MR) is 57.2 cm³/mol. The Morgan fingerprint density at radius 1 is 1.38 bits per heavy atom. The first-order valence-electron chi connectivity index (χ1n) is 4.88. The van der Waals surface area contributed by atoms with Gasteiger partial charge in [0.05, 0.1) is 16.8 Å². The molecule has 1 aromatic carbocycles. The van der Waals surface area contributed by atoms with Gasteiger partial charge in [-0.2, -0.15) is 0 Å². The Morgan fingerprint density at radius 2 is 2.12 bits per heavy atom. The standard InChI is InChI=1S/C10H12FNO3S/c11-7-3-8(12)5-10(4-7)16(13,14)9-1-2-15-6-9/h3-5,9H,1-2,6,12H2. The SMILES string of the molecule is Nc1cc(F)cc(S(=O)(=O)C2CCOC2)c1. The molecule has 1 atom stereocenters. The van der Waals surface area contributed by atoms with Gasteiger partial charge in [0.2, 0.25) is 0 Å². The molecule has 16 heavy (non-hydrogen) atoms. The van der Waals surface area contributed by atoms with Crippen molar-refractivity contribution in [2.75, 3.05) is 18.9 Å². The molecule has 4 nitrogen and oxygen atoms in total. The second kappa shape index (κ2) is 4.03. The molecule has 88 valence electrons. The van der Waals surface area contributed by atoms with E-state index in [1.807, 2.05) is 0 Å². The number of benzene rings is 1. The van der Waals surface area contributed by atoms with Gasteiger partial charge in [0.25, 0.3) is 0 Å². The Kier molecular flexibility index (Phi) is 2.86. The Balaban J connectivity index is 2.42. The number of anilines is 1. The topological polar surface area (TPSA) is 69.4 Å². The number of nitrogens with two attached hydrogens (primary N) is 1. The normalized spacial score (nSPS) is 21.2. The maximum Gasteiger partial charge on any atom is 0.183 e. The van der Waals surface area contributed by atoms with Crippen LogP contribution in [0, 0.1) is 5.82 Å². The highest BCUT2D eigenvalue weighted by Crippen LogP contribution is 2.24. The van der Waals surface area contributed by atoms with Gasteiger partial charge in [0, 0.05) is 12.3 Å². The van der Waals surface area contributed by atoms with E-state index < -0.39 is 20.9 Å². The largest absolute Gasteiger partial charge is 0.399 e. The number of hydrogen-bond donors (Lipinski definition) is 1. The van der Waals surface area contributed by atoms with Crippen molar-refractivity contribution < 1.29 is 17.5 Å². The van der Waals surface area contributed by atoms with E-state index in [1.165, 1.54) is 6.07 Å². The second-order valence-electron chi connectivity index (χ2n) is 3.75. The quantitative estimate of drug-likeness (QED) is 0.788. The van der Waals surface area contributed by atoms with E-state index in [4.69, 9.17) is 10.5 Å². The van der Waals surface area contributed by atoms with Gasteiger partial charge < -0.3 is 10.5 Å². The van der Waals surface area contributed by atoms with Crippen molar-refractivity contribution >= 4 is 15.5 Å². The number of hydrogen-bond acceptors (Lipinski definition) is 4. The molecule has 0 amide bonds. The molecule has 1 fully saturated rings. The van der Waals surface area contributed by atoms with E-state index in [9.17, 15) is 12.8 Å². The Labute approximate surface area is 93.1 Å². The van der Waals surface area contributed by atoms with Crippen molar-refractivity contribution in [1.29, 1.82) is 0 Å². The first kappa shape index (κ1) is 11.3. The summed E-state index contributed by atoms with van der Waals surface area (Å²) in [5.74, 6) is -0.641. The summed E-state index contributed by atoms with van der Waals surface area (Å²) in [5.41, 5.74) is 5.53. The molecule has 0 aromatic heterocycles. The monoisotopic (exact) mass is 245 g/mol. The Hall–Kier alpha value is -1.14. The number of nitrogen functional groups attached to an aromatic ring is 1. The summed E-state index contributed by atoms with van der Waals surface area (Å²) in [6.45, 7) is 0.591. The molecular formula is C10H12FNO3S. The highest BCUT2D eigenvalue weighted by molar-refractivity contribution is 7.92. The zero-order valence-electron chi connectivity index (χ0n) is 8.52. The summed E-state index contributed by atoms with van der Waals surface area (Å²) in [6.07, 6.45) is 0.443. The minimum Gasteiger partial charge on any atom is -0.399 e. The van der Waals surface area contributed by atoms with Gasteiger partial charge in [-0.05, 0) is 24.6 Å². The lowest BCUT2D eigenvalue weighted by Gasteiger charge is -2.10. The van der Waals surface area contributed by atoms with Crippen LogP contribution in [0.1, 0.15) is 6.42 Å². The zero-order valence-corrected chi connectivity index (χ0v) is 9.34. The lowest BCUT2D eigenvalue weighted by molar-refractivity contribution is 0.198.